The quantitative estimate of drug-likeness (QED) is 0.212. The number of hydrogen-bond acceptors (Lipinski definition) is 9. The second kappa shape index (κ2) is 19.9. The molecule has 0 bridgehead atoms. The fraction of sp³-hybridized carbons (Fsp3) is 1.00. The van der Waals surface area contributed by atoms with Gasteiger partial charge in [-0.05, 0) is 20.8 Å². The zero-order chi connectivity index (χ0) is 21.7. The molecule has 0 aliphatic rings. The van der Waals surface area contributed by atoms with Gasteiger partial charge in [0.1, 0.15) is 0 Å². The maximum absolute atomic E-state index is 8.74. The van der Waals surface area contributed by atoms with Crippen LogP contribution in [-0.2, 0) is 38.8 Å². The molecule has 0 saturated heterocycles. The van der Waals surface area contributed by atoms with Crippen LogP contribution in [0, 0.1) is 0 Å². The Morgan fingerprint density at radius 2 is 0.857 bits per heavy atom. The van der Waals surface area contributed by atoms with Gasteiger partial charge in [-0.15, -0.1) is 0 Å². The average Bonchev–Trinajstić information content (AvgIpc) is 2.55. The van der Waals surface area contributed by atoms with Gasteiger partial charge < -0.3 is 33.5 Å². The van der Waals surface area contributed by atoms with E-state index < -0.39 is 10.4 Å². The molecule has 0 rings (SSSR count). The molecule has 0 aromatic carbocycles. The molecule has 0 saturated carbocycles. The van der Waals surface area contributed by atoms with Gasteiger partial charge in [-0.1, -0.05) is 0 Å². The van der Waals surface area contributed by atoms with E-state index in [0.717, 1.165) is 0 Å². The minimum Gasteiger partial charge on any atom is -0.394 e. The van der Waals surface area contributed by atoms with Crippen molar-refractivity contribution in [2.75, 3.05) is 79.3 Å². The fourth-order valence-electron chi connectivity index (χ4n) is 1.45. The van der Waals surface area contributed by atoms with Gasteiger partial charge in [-0.3, -0.25) is 9.11 Å². The highest BCUT2D eigenvalue weighted by molar-refractivity contribution is 7.79. The molecule has 12 heteroatoms. The SMILES string of the molecule is CC(C)(C)OCCOCCOCCOCCOCCOCCO.O=S(=O)(O)O. The van der Waals surface area contributed by atoms with Gasteiger partial charge in [0.05, 0.1) is 84.9 Å². The Morgan fingerprint density at radius 3 is 1.11 bits per heavy atom. The van der Waals surface area contributed by atoms with Crippen molar-refractivity contribution in [1.82, 2.24) is 0 Å². The molecule has 0 aliphatic heterocycles. The molecule has 0 heterocycles. The lowest BCUT2D eigenvalue weighted by atomic mass is 10.2. The molecule has 0 fully saturated rings. The second-order valence-corrected chi connectivity index (χ2v) is 7.09. The highest BCUT2D eigenvalue weighted by Gasteiger charge is 2.08. The third kappa shape index (κ3) is 40.3. The largest absolute Gasteiger partial charge is 0.394 e. The number of ether oxygens (including phenoxy) is 6. The predicted molar refractivity (Wildman–Crippen MR) is 101 cm³/mol. The van der Waals surface area contributed by atoms with Crippen LogP contribution in [0.15, 0.2) is 0 Å². The molecule has 0 atom stereocenters. The van der Waals surface area contributed by atoms with Crippen LogP contribution in [0.3, 0.4) is 0 Å². The molecule has 3 N–H and O–H groups in total. The summed E-state index contributed by atoms with van der Waals surface area (Å²) in [5.41, 5.74) is -0.118. The monoisotopic (exact) mass is 436 g/mol. The summed E-state index contributed by atoms with van der Waals surface area (Å²) in [5.74, 6) is 0. The van der Waals surface area contributed by atoms with E-state index in [4.69, 9.17) is 51.1 Å². The van der Waals surface area contributed by atoms with Crippen LogP contribution >= 0.6 is 0 Å². The van der Waals surface area contributed by atoms with Crippen molar-refractivity contribution in [3.63, 3.8) is 0 Å². The Morgan fingerprint density at radius 1 is 0.607 bits per heavy atom. The van der Waals surface area contributed by atoms with E-state index in [0.29, 0.717) is 72.7 Å². The minimum atomic E-state index is -4.67. The first kappa shape index (κ1) is 29.8. The minimum absolute atomic E-state index is 0.0405. The van der Waals surface area contributed by atoms with Gasteiger partial charge in [0.15, 0.2) is 0 Å². The highest BCUT2D eigenvalue weighted by atomic mass is 32.3. The molecule has 0 aromatic heterocycles. The van der Waals surface area contributed by atoms with E-state index in [-0.39, 0.29) is 12.2 Å². The van der Waals surface area contributed by atoms with Crippen molar-refractivity contribution in [3.8, 4) is 0 Å². The van der Waals surface area contributed by atoms with E-state index in [1.165, 1.54) is 0 Å². The molecular weight excluding hydrogens is 400 g/mol. The second-order valence-electron chi connectivity index (χ2n) is 6.19. The Bertz CT molecular complexity index is 401. The average molecular weight is 437 g/mol. The molecule has 0 aliphatic carbocycles. The number of rotatable bonds is 17. The lowest BCUT2D eigenvalue weighted by molar-refractivity contribution is -0.0464. The van der Waals surface area contributed by atoms with Crippen LogP contribution < -0.4 is 0 Å². The van der Waals surface area contributed by atoms with Crippen LogP contribution in [-0.4, -0.2) is 108 Å². The topological polar surface area (TPSA) is 150 Å². The zero-order valence-corrected chi connectivity index (χ0v) is 17.8. The van der Waals surface area contributed by atoms with Crippen molar-refractivity contribution in [2.45, 2.75) is 26.4 Å². The van der Waals surface area contributed by atoms with Crippen molar-refractivity contribution in [2.24, 2.45) is 0 Å². The van der Waals surface area contributed by atoms with Gasteiger partial charge in [0.2, 0.25) is 0 Å². The number of aliphatic hydroxyl groups excluding tert-OH is 1. The Kier molecular flexibility index (Phi) is 21.2. The third-order valence-electron chi connectivity index (χ3n) is 2.49. The molecular formula is C16H36O11S. The molecule has 28 heavy (non-hydrogen) atoms. The lowest BCUT2D eigenvalue weighted by Crippen LogP contribution is -2.22. The Balaban J connectivity index is 0. The summed E-state index contributed by atoms with van der Waals surface area (Å²) in [5, 5.41) is 8.50. The summed E-state index contributed by atoms with van der Waals surface area (Å²) < 4.78 is 63.6. The fourth-order valence-corrected chi connectivity index (χ4v) is 1.45. The zero-order valence-electron chi connectivity index (χ0n) is 17.0. The van der Waals surface area contributed by atoms with Crippen molar-refractivity contribution >= 4 is 10.4 Å². The van der Waals surface area contributed by atoms with Gasteiger partial charge >= 0.3 is 10.4 Å². The predicted octanol–water partition coefficient (Wildman–Crippen LogP) is 0.224. The summed E-state index contributed by atoms with van der Waals surface area (Å²) in [4.78, 5) is 0. The van der Waals surface area contributed by atoms with Crippen LogP contribution in [0.25, 0.3) is 0 Å². The highest BCUT2D eigenvalue weighted by Crippen LogP contribution is 2.05. The van der Waals surface area contributed by atoms with E-state index in [9.17, 15) is 0 Å². The van der Waals surface area contributed by atoms with Crippen LogP contribution in [0.2, 0.25) is 0 Å². The Hall–Kier alpha value is -0.410. The van der Waals surface area contributed by atoms with Crippen molar-refractivity contribution < 1.29 is 51.1 Å². The smallest absolute Gasteiger partial charge is 0.394 e. The third-order valence-corrected chi connectivity index (χ3v) is 2.49. The molecule has 0 amide bonds. The van der Waals surface area contributed by atoms with E-state index in [1.54, 1.807) is 0 Å². The summed E-state index contributed by atoms with van der Waals surface area (Å²) in [7, 11) is -4.67. The standard InChI is InChI=1S/C16H34O7.H2O4S/c1-16(2,3)23-15-14-22-13-12-21-11-10-20-9-8-19-7-6-18-5-4-17;1-5(2,3)4/h17H,4-15H2,1-3H3;(H2,1,2,3,4). The molecule has 0 aromatic rings. The van der Waals surface area contributed by atoms with E-state index in [2.05, 4.69) is 0 Å². The molecule has 0 radical (unpaired) electrons. The summed E-state index contributed by atoms with van der Waals surface area (Å²) in [6, 6.07) is 0. The Labute approximate surface area is 167 Å². The molecule has 0 spiro atoms. The molecule has 11 nitrogen and oxygen atoms in total. The number of aliphatic hydroxyl groups is 1. The van der Waals surface area contributed by atoms with Gasteiger partial charge in [0, 0.05) is 0 Å². The summed E-state index contributed by atoms with van der Waals surface area (Å²) in [6.45, 7) is 11.9. The van der Waals surface area contributed by atoms with Gasteiger partial charge in [-0.2, -0.15) is 8.42 Å². The molecule has 172 valence electrons. The van der Waals surface area contributed by atoms with Crippen molar-refractivity contribution in [1.29, 1.82) is 0 Å². The lowest BCUT2D eigenvalue weighted by Gasteiger charge is -2.19. The van der Waals surface area contributed by atoms with Crippen LogP contribution in [0.5, 0.6) is 0 Å². The first-order valence-corrected chi connectivity index (χ1v) is 10.3. The van der Waals surface area contributed by atoms with Gasteiger partial charge in [0.25, 0.3) is 0 Å². The molecule has 0 unspecified atom stereocenters. The summed E-state index contributed by atoms with van der Waals surface area (Å²) >= 11 is 0. The number of hydrogen-bond donors (Lipinski definition) is 3. The van der Waals surface area contributed by atoms with Crippen LogP contribution in [0.4, 0.5) is 0 Å². The van der Waals surface area contributed by atoms with Gasteiger partial charge in [-0.25, -0.2) is 0 Å². The van der Waals surface area contributed by atoms with Crippen LogP contribution in [0.1, 0.15) is 20.8 Å². The van der Waals surface area contributed by atoms with Crippen molar-refractivity contribution in [3.05, 3.63) is 0 Å². The maximum Gasteiger partial charge on any atom is 0.394 e. The first-order valence-electron chi connectivity index (χ1n) is 8.89. The normalized spacial score (nSPS) is 11.9. The maximum atomic E-state index is 8.74. The first-order chi connectivity index (χ1) is 13.1. The van der Waals surface area contributed by atoms with E-state index in [1.807, 2.05) is 20.8 Å². The summed E-state index contributed by atoms with van der Waals surface area (Å²) in [6.07, 6.45) is 0. The van der Waals surface area contributed by atoms with E-state index >= 15 is 0 Å².